The summed E-state index contributed by atoms with van der Waals surface area (Å²) in [6.07, 6.45) is 4.83. The lowest BCUT2D eigenvalue weighted by Gasteiger charge is -2.27. The average Bonchev–Trinajstić information content (AvgIpc) is 3.68. The SMILES string of the molecule is N#C/C(=C\c1ccc2c(c1)C1CCCC1N2c1ccc(C(=C(c2ccccc2)c2ccccc2)c2ccccc2)cc1)C(=O)O. The minimum atomic E-state index is -1.20. The van der Waals surface area contributed by atoms with E-state index in [4.69, 9.17) is 0 Å². The first-order valence-corrected chi connectivity index (χ1v) is 15.4. The zero-order valence-corrected chi connectivity index (χ0v) is 24.8. The van der Waals surface area contributed by atoms with Crippen LogP contribution in [0.4, 0.5) is 11.4 Å². The van der Waals surface area contributed by atoms with Gasteiger partial charge in [0, 0.05) is 23.3 Å². The number of aliphatic carboxylic acids is 1. The van der Waals surface area contributed by atoms with E-state index in [1.54, 1.807) is 6.07 Å². The quantitative estimate of drug-likeness (QED) is 0.118. The van der Waals surface area contributed by atoms with Gasteiger partial charge in [-0.1, -0.05) is 116 Å². The molecule has 4 nitrogen and oxygen atoms in total. The van der Waals surface area contributed by atoms with Crippen LogP contribution >= 0.6 is 0 Å². The summed E-state index contributed by atoms with van der Waals surface area (Å²) < 4.78 is 0. The zero-order chi connectivity index (χ0) is 30.8. The number of nitrogens with zero attached hydrogens (tertiary/aromatic N) is 2. The Labute approximate surface area is 263 Å². The van der Waals surface area contributed by atoms with Gasteiger partial charge in [0.1, 0.15) is 11.6 Å². The van der Waals surface area contributed by atoms with Crippen LogP contribution in [0.25, 0.3) is 17.2 Å². The minimum Gasteiger partial charge on any atom is -0.477 e. The molecule has 0 spiro atoms. The summed E-state index contributed by atoms with van der Waals surface area (Å²) >= 11 is 0. The van der Waals surface area contributed by atoms with Gasteiger partial charge >= 0.3 is 5.97 Å². The summed E-state index contributed by atoms with van der Waals surface area (Å²) in [6, 6.07) is 49.0. The lowest BCUT2D eigenvalue weighted by atomic mass is 9.86. The van der Waals surface area contributed by atoms with Crippen LogP contribution < -0.4 is 4.90 Å². The Hall–Kier alpha value is -5.66. The van der Waals surface area contributed by atoms with E-state index in [0.717, 1.165) is 47.3 Å². The Kier molecular flexibility index (Phi) is 7.59. The summed E-state index contributed by atoms with van der Waals surface area (Å²) in [6.45, 7) is 0. The summed E-state index contributed by atoms with van der Waals surface area (Å²) in [5, 5.41) is 18.6. The van der Waals surface area contributed by atoms with Gasteiger partial charge in [-0.3, -0.25) is 0 Å². The first-order valence-electron chi connectivity index (χ1n) is 15.4. The number of carboxylic acid groups (broad SMARTS) is 1. The number of rotatable bonds is 7. The van der Waals surface area contributed by atoms with E-state index in [0.29, 0.717) is 12.0 Å². The number of fused-ring (bicyclic) bond motifs is 3. The Balaban J connectivity index is 1.34. The van der Waals surface area contributed by atoms with Gasteiger partial charge in [0.2, 0.25) is 0 Å². The van der Waals surface area contributed by atoms with E-state index in [-0.39, 0.29) is 5.57 Å². The highest BCUT2D eigenvalue weighted by Gasteiger charge is 2.42. The van der Waals surface area contributed by atoms with E-state index in [1.807, 2.05) is 6.07 Å². The van der Waals surface area contributed by atoms with Gasteiger partial charge in [0.05, 0.1) is 0 Å². The molecule has 7 rings (SSSR count). The van der Waals surface area contributed by atoms with Crippen LogP contribution in [0.5, 0.6) is 0 Å². The van der Waals surface area contributed by atoms with Crippen molar-refractivity contribution in [2.75, 3.05) is 4.90 Å². The van der Waals surface area contributed by atoms with Crippen LogP contribution in [-0.2, 0) is 4.79 Å². The molecule has 2 atom stereocenters. The van der Waals surface area contributed by atoms with Gasteiger partial charge in [0.25, 0.3) is 0 Å². The molecule has 0 aromatic heterocycles. The van der Waals surface area contributed by atoms with Gasteiger partial charge < -0.3 is 10.0 Å². The fraction of sp³-hybridized carbons (Fsp3) is 0.122. The molecule has 218 valence electrons. The Morgan fingerprint density at radius 1 is 0.711 bits per heavy atom. The lowest BCUT2D eigenvalue weighted by molar-refractivity contribution is -0.132. The molecule has 5 aromatic rings. The van der Waals surface area contributed by atoms with E-state index in [2.05, 4.69) is 132 Å². The van der Waals surface area contributed by atoms with Crippen molar-refractivity contribution in [2.24, 2.45) is 0 Å². The predicted octanol–water partition coefficient (Wildman–Crippen LogP) is 9.47. The second-order valence-corrected chi connectivity index (χ2v) is 11.7. The normalized spacial score (nSPS) is 16.9. The van der Waals surface area contributed by atoms with Gasteiger partial charge in [-0.25, -0.2) is 4.79 Å². The number of carboxylic acids is 1. The van der Waals surface area contributed by atoms with Crippen molar-refractivity contribution in [3.8, 4) is 6.07 Å². The fourth-order valence-electron chi connectivity index (χ4n) is 7.12. The molecule has 0 amide bonds. The molecule has 1 saturated carbocycles. The molecule has 2 aliphatic rings. The monoisotopic (exact) mass is 584 g/mol. The summed E-state index contributed by atoms with van der Waals surface area (Å²) in [5.74, 6) is -0.823. The average molecular weight is 585 g/mol. The second-order valence-electron chi connectivity index (χ2n) is 11.7. The largest absolute Gasteiger partial charge is 0.477 e. The number of carbonyl (C=O) groups is 1. The topological polar surface area (TPSA) is 64.3 Å². The van der Waals surface area contributed by atoms with Crippen molar-refractivity contribution in [3.05, 3.63) is 172 Å². The molecule has 45 heavy (non-hydrogen) atoms. The van der Waals surface area contributed by atoms with Crippen LogP contribution in [-0.4, -0.2) is 17.1 Å². The molecule has 5 aromatic carbocycles. The van der Waals surface area contributed by atoms with Gasteiger partial charge in [0.15, 0.2) is 0 Å². The van der Waals surface area contributed by atoms with E-state index in [1.165, 1.54) is 33.9 Å². The summed E-state index contributed by atoms with van der Waals surface area (Å²) in [4.78, 5) is 13.9. The van der Waals surface area contributed by atoms with E-state index < -0.39 is 5.97 Å². The Morgan fingerprint density at radius 3 is 1.76 bits per heavy atom. The molecule has 1 heterocycles. The highest BCUT2D eigenvalue weighted by Crippen LogP contribution is 2.52. The predicted molar refractivity (Wildman–Crippen MR) is 181 cm³/mol. The van der Waals surface area contributed by atoms with E-state index in [9.17, 15) is 15.2 Å². The Bertz CT molecular complexity index is 1910. The van der Waals surface area contributed by atoms with Crippen LogP contribution in [0.1, 0.15) is 58.6 Å². The molecule has 0 bridgehead atoms. The molecular weight excluding hydrogens is 552 g/mol. The number of hydrogen-bond donors (Lipinski definition) is 1. The minimum absolute atomic E-state index is 0.254. The van der Waals surface area contributed by atoms with E-state index >= 15 is 0 Å². The zero-order valence-electron chi connectivity index (χ0n) is 24.8. The van der Waals surface area contributed by atoms with Gasteiger partial charge in [-0.15, -0.1) is 0 Å². The molecule has 2 unspecified atom stereocenters. The van der Waals surface area contributed by atoms with Crippen molar-refractivity contribution in [1.29, 1.82) is 5.26 Å². The first kappa shape index (κ1) is 28.1. The Morgan fingerprint density at radius 2 is 1.24 bits per heavy atom. The molecule has 0 saturated heterocycles. The highest BCUT2D eigenvalue weighted by atomic mass is 16.4. The third kappa shape index (κ3) is 5.34. The molecular formula is C41H32N2O2. The molecule has 1 N–H and O–H groups in total. The number of nitriles is 1. The van der Waals surface area contributed by atoms with Crippen molar-refractivity contribution in [1.82, 2.24) is 0 Å². The van der Waals surface area contributed by atoms with Crippen LogP contribution in [0.2, 0.25) is 0 Å². The number of hydrogen-bond acceptors (Lipinski definition) is 3. The molecule has 4 heteroatoms. The van der Waals surface area contributed by atoms with Crippen molar-refractivity contribution >= 4 is 34.6 Å². The van der Waals surface area contributed by atoms with Crippen LogP contribution in [0, 0.1) is 11.3 Å². The van der Waals surface area contributed by atoms with Gasteiger partial charge in [-0.05, 0) is 87.7 Å². The third-order valence-electron chi connectivity index (χ3n) is 9.06. The van der Waals surface area contributed by atoms with Crippen LogP contribution in [0.3, 0.4) is 0 Å². The third-order valence-corrected chi connectivity index (χ3v) is 9.06. The maximum absolute atomic E-state index is 11.5. The maximum atomic E-state index is 11.5. The standard InChI is InChI=1S/C41H32N2O2/c42-27-33(41(44)45)25-28-19-24-38-36(26-28)35-17-10-18-37(35)43(38)34-22-20-32(21-23-34)40(31-15-8-3-9-16-31)39(29-11-4-1-5-12-29)30-13-6-2-7-14-30/h1-9,11-16,19-26,35,37H,10,17-18H2,(H,44,45)/b33-25+. The molecule has 1 aliphatic carbocycles. The summed E-state index contributed by atoms with van der Waals surface area (Å²) in [5.41, 5.74) is 11.1. The van der Waals surface area contributed by atoms with Gasteiger partial charge in [-0.2, -0.15) is 5.26 Å². The molecule has 0 radical (unpaired) electrons. The van der Waals surface area contributed by atoms with Crippen molar-refractivity contribution in [3.63, 3.8) is 0 Å². The smallest absolute Gasteiger partial charge is 0.346 e. The second kappa shape index (κ2) is 12.1. The van der Waals surface area contributed by atoms with Crippen molar-refractivity contribution in [2.45, 2.75) is 31.2 Å². The molecule has 1 fully saturated rings. The van der Waals surface area contributed by atoms with Crippen molar-refractivity contribution < 1.29 is 9.90 Å². The summed E-state index contributed by atoms with van der Waals surface area (Å²) in [7, 11) is 0. The van der Waals surface area contributed by atoms with Crippen LogP contribution in [0.15, 0.2) is 139 Å². The lowest BCUT2D eigenvalue weighted by Crippen LogP contribution is -2.26. The first-order chi connectivity index (χ1) is 22.1. The fourth-order valence-corrected chi connectivity index (χ4v) is 7.12. The number of anilines is 2. The highest BCUT2D eigenvalue weighted by molar-refractivity contribution is 6.04. The molecule has 1 aliphatic heterocycles. The maximum Gasteiger partial charge on any atom is 0.346 e. The number of benzene rings is 5.